The topological polar surface area (TPSA) is 63.0 Å². The van der Waals surface area contributed by atoms with Gasteiger partial charge in [-0.3, -0.25) is 4.79 Å². The monoisotopic (exact) mass is 274 g/mol. The zero-order valence-corrected chi connectivity index (χ0v) is 10.2. The number of aromatic nitrogens is 1. The molecule has 1 aromatic rings. The molecule has 0 radical (unpaired) electrons. The highest BCUT2D eigenvalue weighted by Crippen LogP contribution is 2.29. The first-order valence-electron chi connectivity index (χ1n) is 5.02. The highest BCUT2D eigenvalue weighted by atomic mass is 35.5. The predicted molar refractivity (Wildman–Crippen MR) is 59.3 cm³/mol. The van der Waals surface area contributed by atoms with Gasteiger partial charge in [0, 0.05) is 5.56 Å². The van der Waals surface area contributed by atoms with E-state index >= 15 is 0 Å². The molecule has 0 N–H and O–H groups in total. The number of esters is 1. The fraction of sp³-hybridized carbons (Fsp3) is 0.364. The van der Waals surface area contributed by atoms with E-state index in [4.69, 9.17) is 16.9 Å². The van der Waals surface area contributed by atoms with Crippen LogP contribution in [0.5, 0.6) is 0 Å². The number of alkyl halides is 2. The normalized spacial score (nSPS) is 10.2. The smallest absolute Gasteiger partial charge is 0.311 e. The highest BCUT2D eigenvalue weighted by Gasteiger charge is 2.20. The SMILES string of the molecule is CCOC(=O)Cc1nc(C#N)cc(C(F)F)c1Cl. The summed E-state index contributed by atoms with van der Waals surface area (Å²) in [7, 11) is 0. The van der Waals surface area contributed by atoms with Crippen molar-refractivity contribution in [1.29, 1.82) is 5.26 Å². The number of hydrogen-bond donors (Lipinski definition) is 0. The number of nitriles is 1. The van der Waals surface area contributed by atoms with Crippen LogP contribution in [-0.4, -0.2) is 17.6 Å². The number of ether oxygens (including phenoxy) is 1. The van der Waals surface area contributed by atoms with Crippen molar-refractivity contribution >= 4 is 17.6 Å². The minimum absolute atomic E-state index is 0.0792. The van der Waals surface area contributed by atoms with E-state index in [-0.39, 0.29) is 29.4 Å². The lowest BCUT2D eigenvalue weighted by molar-refractivity contribution is -0.142. The number of carbonyl (C=O) groups is 1. The van der Waals surface area contributed by atoms with Crippen LogP contribution in [0, 0.1) is 11.3 Å². The van der Waals surface area contributed by atoms with Crippen LogP contribution < -0.4 is 0 Å². The first-order valence-corrected chi connectivity index (χ1v) is 5.40. The van der Waals surface area contributed by atoms with Gasteiger partial charge in [0.05, 0.1) is 23.7 Å². The third-order valence-electron chi connectivity index (χ3n) is 2.02. The highest BCUT2D eigenvalue weighted by molar-refractivity contribution is 6.32. The molecule has 0 amide bonds. The Bertz CT molecular complexity index is 501. The number of pyridine rings is 1. The second kappa shape index (κ2) is 6.26. The molecule has 0 aromatic carbocycles. The van der Waals surface area contributed by atoms with Gasteiger partial charge >= 0.3 is 5.97 Å². The van der Waals surface area contributed by atoms with Crippen LogP contribution in [0.2, 0.25) is 5.02 Å². The van der Waals surface area contributed by atoms with Crippen molar-refractivity contribution in [1.82, 2.24) is 4.98 Å². The molecule has 1 heterocycles. The van der Waals surface area contributed by atoms with Crippen molar-refractivity contribution in [3.63, 3.8) is 0 Å². The summed E-state index contributed by atoms with van der Waals surface area (Å²) in [6.45, 7) is 1.78. The summed E-state index contributed by atoms with van der Waals surface area (Å²) in [6.07, 6.45) is -3.18. The molecule has 0 aliphatic rings. The van der Waals surface area contributed by atoms with Gasteiger partial charge in [-0.2, -0.15) is 5.26 Å². The van der Waals surface area contributed by atoms with Crippen LogP contribution in [0.15, 0.2) is 6.07 Å². The number of hydrogen-bond acceptors (Lipinski definition) is 4. The Morgan fingerprint density at radius 3 is 2.83 bits per heavy atom. The second-order valence-corrected chi connectivity index (χ2v) is 3.63. The second-order valence-electron chi connectivity index (χ2n) is 3.25. The fourth-order valence-electron chi connectivity index (χ4n) is 1.29. The van der Waals surface area contributed by atoms with Gasteiger partial charge in [-0.25, -0.2) is 13.8 Å². The van der Waals surface area contributed by atoms with Gasteiger partial charge in [-0.1, -0.05) is 11.6 Å². The maximum Gasteiger partial charge on any atom is 0.311 e. The molecular weight excluding hydrogens is 266 g/mol. The quantitative estimate of drug-likeness (QED) is 0.792. The number of nitrogens with zero attached hydrogens (tertiary/aromatic N) is 2. The van der Waals surface area contributed by atoms with E-state index in [1.165, 1.54) is 0 Å². The van der Waals surface area contributed by atoms with Crippen LogP contribution in [0.25, 0.3) is 0 Å². The lowest BCUT2D eigenvalue weighted by Crippen LogP contribution is -2.11. The molecule has 1 aromatic heterocycles. The molecule has 0 aliphatic heterocycles. The molecule has 96 valence electrons. The van der Waals surface area contributed by atoms with Crippen LogP contribution in [0.1, 0.15) is 30.3 Å². The van der Waals surface area contributed by atoms with Gasteiger partial charge in [0.15, 0.2) is 0 Å². The van der Waals surface area contributed by atoms with Crippen LogP contribution in [0.3, 0.4) is 0 Å². The van der Waals surface area contributed by atoms with Gasteiger partial charge < -0.3 is 4.74 Å². The van der Waals surface area contributed by atoms with E-state index < -0.39 is 18.0 Å². The molecule has 0 spiro atoms. The number of halogens is 3. The van der Waals surface area contributed by atoms with Crippen LogP contribution >= 0.6 is 11.6 Å². The summed E-state index contributed by atoms with van der Waals surface area (Å²) in [6, 6.07) is 2.54. The average Bonchev–Trinajstić information content (AvgIpc) is 2.31. The van der Waals surface area contributed by atoms with Crippen LogP contribution in [-0.2, 0) is 16.0 Å². The van der Waals surface area contributed by atoms with Crippen molar-refractivity contribution in [2.75, 3.05) is 6.61 Å². The number of carbonyl (C=O) groups excluding carboxylic acids is 1. The summed E-state index contributed by atoms with van der Waals surface area (Å²) in [5, 5.41) is 8.37. The molecular formula is C11H9ClF2N2O2. The molecule has 0 bridgehead atoms. The van der Waals surface area contributed by atoms with Crippen LogP contribution in [0.4, 0.5) is 8.78 Å². The zero-order chi connectivity index (χ0) is 13.7. The van der Waals surface area contributed by atoms with Crippen molar-refractivity contribution < 1.29 is 18.3 Å². The molecule has 0 atom stereocenters. The first-order chi connectivity index (χ1) is 8.49. The Morgan fingerprint density at radius 2 is 2.33 bits per heavy atom. The maximum absolute atomic E-state index is 12.7. The summed E-state index contributed by atoms with van der Waals surface area (Å²) in [5.41, 5.74) is -0.805. The molecule has 0 unspecified atom stereocenters. The van der Waals surface area contributed by atoms with E-state index in [1.54, 1.807) is 13.0 Å². The molecule has 0 saturated carbocycles. The molecule has 4 nitrogen and oxygen atoms in total. The molecule has 1 rings (SSSR count). The maximum atomic E-state index is 12.7. The lowest BCUT2D eigenvalue weighted by atomic mass is 10.1. The summed E-state index contributed by atoms with van der Waals surface area (Å²) < 4.78 is 30.0. The fourth-order valence-corrected chi connectivity index (χ4v) is 1.53. The lowest BCUT2D eigenvalue weighted by Gasteiger charge is -2.08. The standard InChI is InChI=1S/C11H9ClF2N2O2/c1-2-18-9(17)4-8-10(12)7(11(13)14)3-6(5-15)16-8/h3,11H,2,4H2,1H3. The van der Waals surface area contributed by atoms with Crippen molar-refractivity contribution in [2.24, 2.45) is 0 Å². The largest absolute Gasteiger partial charge is 0.466 e. The van der Waals surface area contributed by atoms with Gasteiger partial charge in [0.1, 0.15) is 11.8 Å². The first kappa shape index (κ1) is 14.3. The molecule has 0 fully saturated rings. The van der Waals surface area contributed by atoms with Crippen molar-refractivity contribution in [3.8, 4) is 6.07 Å². The Labute approximate surface area is 107 Å². The van der Waals surface area contributed by atoms with E-state index in [0.29, 0.717) is 0 Å². The summed E-state index contributed by atoms with van der Waals surface area (Å²) in [4.78, 5) is 15.0. The van der Waals surface area contributed by atoms with E-state index in [0.717, 1.165) is 6.07 Å². The van der Waals surface area contributed by atoms with Crippen molar-refractivity contribution in [3.05, 3.63) is 28.0 Å². The molecule has 0 aliphatic carbocycles. The Kier molecular flexibility index (Phi) is 4.98. The minimum atomic E-state index is -2.84. The van der Waals surface area contributed by atoms with Gasteiger partial charge in [-0.05, 0) is 13.0 Å². The Balaban J connectivity index is 3.14. The molecule has 7 heteroatoms. The summed E-state index contributed by atoms with van der Waals surface area (Å²) >= 11 is 5.72. The van der Waals surface area contributed by atoms with E-state index in [1.807, 2.05) is 0 Å². The third-order valence-corrected chi connectivity index (χ3v) is 2.46. The average molecular weight is 275 g/mol. The minimum Gasteiger partial charge on any atom is -0.466 e. The Hall–Kier alpha value is -1.74. The van der Waals surface area contributed by atoms with E-state index in [2.05, 4.69) is 9.72 Å². The van der Waals surface area contributed by atoms with Gasteiger partial charge in [0.25, 0.3) is 6.43 Å². The Morgan fingerprint density at radius 1 is 1.67 bits per heavy atom. The van der Waals surface area contributed by atoms with Gasteiger partial charge in [0.2, 0.25) is 0 Å². The molecule has 18 heavy (non-hydrogen) atoms. The van der Waals surface area contributed by atoms with Crippen molar-refractivity contribution in [2.45, 2.75) is 19.8 Å². The predicted octanol–water partition coefficient (Wildman–Crippen LogP) is 2.65. The third kappa shape index (κ3) is 3.37. The van der Waals surface area contributed by atoms with E-state index in [9.17, 15) is 13.6 Å². The zero-order valence-electron chi connectivity index (χ0n) is 9.41. The van der Waals surface area contributed by atoms with Gasteiger partial charge in [-0.15, -0.1) is 0 Å². The molecule has 0 saturated heterocycles. The summed E-state index contributed by atoms with van der Waals surface area (Å²) in [5.74, 6) is -0.637. The number of rotatable bonds is 4.